The number of nitrogens with two attached hydrogens (primary N) is 1. The molecule has 0 spiro atoms. The SMILES string of the molecule is N[C@H](CF)c1c(F)cc(Br)cc1F. The highest BCUT2D eigenvalue weighted by molar-refractivity contribution is 9.10. The van der Waals surface area contributed by atoms with Crippen molar-refractivity contribution < 1.29 is 13.2 Å². The Kier molecular flexibility index (Phi) is 3.33. The fourth-order valence-corrected chi connectivity index (χ4v) is 1.39. The molecule has 1 nitrogen and oxygen atoms in total. The van der Waals surface area contributed by atoms with Gasteiger partial charge in [0, 0.05) is 10.0 Å². The van der Waals surface area contributed by atoms with E-state index in [1.807, 2.05) is 0 Å². The predicted octanol–water partition coefficient (Wildman–Crippen LogP) is 2.70. The summed E-state index contributed by atoms with van der Waals surface area (Å²) >= 11 is 2.90. The number of hydrogen-bond donors (Lipinski definition) is 1. The third kappa shape index (κ3) is 2.22. The van der Waals surface area contributed by atoms with Crippen LogP contribution in [0.2, 0.25) is 0 Å². The maximum absolute atomic E-state index is 13.0. The second-order valence-electron chi connectivity index (χ2n) is 2.54. The predicted molar refractivity (Wildman–Crippen MR) is 47.0 cm³/mol. The molecule has 1 aromatic rings. The maximum Gasteiger partial charge on any atom is 0.132 e. The van der Waals surface area contributed by atoms with Crippen LogP contribution in [-0.2, 0) is 0 Å². The summed E-state index contributed by atoms with van der Waals surface area (Å²) < 4.78 is 38.4. The largest absolute Gasteiger partial charge is 0.322 e. The van der Waals surface area contributed by atoms with Crippen molar-refractivity contribution in [2.75, 3.05) is 6.67 Å². The molecular formula is C8H7BrF3N. The molecule has 0 radical (unpaired) electrons. The summed E-state index contributed by atoms with van der Waals surface area (Å²) in [5.74, 6) is -1.67. The Bertz CT molecular complexity index is 293. The molecule has 0 bridgehead atoms. The van der Waals surface area contributed by atoms with Gasteiger partial charge in [0.2, 0.25) is 0 Å². The smallest absolute Gasteiger partial charge is 0.132 e. The Labute approximate surface area is 81.9 Å². The minimum Gasteiger partial charge on any atom is -0.322 e. The van der Waals surface area contributed by atoms with Gasteiger partial charge in [-0.1, -0.05) is 15.9 Å². The lowest BCUT2D eigenvalue weighted by atomic mass is 10.1. The van der Waals surface area contributed by atoms with Crippen molar-refractivity contribution in [3.8, 4) is 0 Å². The molecule has 1 aromatic carbocycles. The molecule has 0 heterocycles. The van der Waals surface area contributed by atoms with Crippen LogP contribution in [0.15, 0.2) is 16.6 Å². The first-order valence-electron chi connectivity index (χ1n) is 3.52. The Morgan fingerprint density at radius 1 is 1.31 bits per heavy atom. The van der Waals surface area contributed by atoms with Crippen LogP contribution >= 0.6 is 15.9 Å². The zero-order valence-corrected chi connectivity index (χ0v) is 8.11. The standard InChI is InChI=1S/C8H7BrF3N/c9-4-1-5(11)8(6(12)2-4)7(13)3-10/h1-2,7H,3,13H2/t7-/m1/s1. The molecule has 13 heavy (non-hydrogen) atoms. The first-order chi connectivity index (χ1) is 6.06. The number of rotatable bonds is 2. The van der Waals surface area contributed by atoms with Crippen LogP contribution in [0.5, 0.6) is 0 Å². The fraction of sp³-hybridized carbons (Fsp3) is 0.250. The molecule has 0 aliphatic carbocycles. The highest BCUT2D eigenvalue weighted by atomic mass is 79.9. The molecule has 1 atom stereocenters. The fourth-order valence-electron chi connectivity index (χ4n) is 0.985. The lowest BCUT2D eigenvalue weighted by Gasteiger charge is -2.10. The summed E-state index contributed by atoms with van der Waals surface area (Å²) in [5.41, 5.74) is 4.76. The Morgan fingerprint density at radius 2 is 1.77 bits per heavy atom. The van der Waals surface area contributed by atoms with E-state index in [-0.39, 0.29) is 4.47 Å². The van der Waals surface area contributed by atoms with Crippen LogP contribution < -0.4 is 5.73 Å². The molecule has 0 aliphatic rings. The molecule has 0 aromatic heterocycles. The second-order valence-corrected chi connectivity index (χ2v) is 3.46. The van der Waals surface area contributed by atoms with Crippen molar-refractivity contribution in [3.05, 3.63) is 33.8 Å². The summed E-state index contributed by atoms with van der Waals surface area (Å²) in [6.07, 6.45) is 0. The van der Waals surface area contributed by atoms with Crippen molar-refractivity contribution in [2.45, 2.75) is 6.04 Å². The first kappa shape index (κ1) is 10.5. The van der Waals surface area contributed by atoms with Crippen molar-refractivity contribution >= 4 is 15.9 Å². The number of alkyl halides is 1. The van der Waals surface area contributed by atoms with E-state index < -0.39 is 29.9 Å². The molecule has 0 saturated heterocycles. The minimum absolute atomic E-state index is 0.261. The summed E-state index contributed by atoms with van der Waals surface area (Å²) in [4.78, 5) is 0. The van der Waals surface area contributed by atoms with E-state index in [1.165, 1.54) is 0 Å². The van der Waals surface area contributed by atoms with Crippen molar-refractivity contribution in [2.24, 2.45) is 5.73 Å². The lowest BCUT2D eigenvalue weighted by molar-refractivity contribution is 0.413. The van der Waals surface area contributed by atoms with Crippen LogP contribution in [0, 0.1) is 11.6 Å². The van der Waals surface area contributed by atoms with Crippen molar-refractivity contribution in [1.29, 1.82) is 0 Å². The third-order valence-corrected chi connectivity index (χ3v) is 2.04. The summed E-state index contributed by atoms with van der Waals surface area (Å²) in [7, 11) is 0. The van der Waals surface area contributed by atoms with Gasteiger partial charge >= 0.3 is 0 Å². The van der Waals surface area contributed by atoms with E-state index >= 15 is 0 Å². The molecule has 0 amide bonds. The highest BCUT2D eigenvalue weighted by Crippen LogP contribution is 2.23. The van der Waals surface area contributed by atoms with E-state index in [1.54, 1.807) is 0 Å². The Hall–Kier alpha value is -0.550. The van der Waals surface area contributed by atoms with Gasteiger partial charge in [-0.15, -0.1) is 0 Å². The summed E-state index contributed by atoms with van der Waals surface area (Å²) in [5, 5.41) is 0. The van der Waals surface area contributed by atoms with Gasteiger partial charge < -0.3 is 5.73 Å². The molecule has 5 heteroatoms. The molecule has 0 saturated carbocycles. The normalized spacial score (nSPS) is 13.0. The summed E-state index contributed by atoms with van der Waals surface area (Å²) in [6.45, 7) is -0.991. The molecule has 2 N–H and O–H groups in total. The summed E-state index contributed by atoms with van der Waals surface area (Å²) in [6, 6.07) is 0.857. The van der Waals surface area contributed by atoms with Gasteiger partial charge in [-0.2, -0.15) is 0 Å². The molecule has 72 valence electrons. The average molecular weight is 254 g/mol. The zero-order chi connectivity index (χ0) is 10.0. The van der Waals surface area contributed by atoms with Crippen molar-refractivity contribution in [1.82, 2.24) is 0 Å². The van der Waals surface area contributed by atoms with Crippen LogP contribution in [0.3, 0.4) is 0 Å². The third-order valence-electron chi connectivity index (χ3n) is 1.58. The molecular weight excluding hydrogens is 247 g/mol. The van der Waals surface area contributed by atoms with Crippen molar-refractivity contribution in [3.63, 3.8) is 0 Å². The number of benzene rings is 1. The topological polar surface area (TPSA) is 26.0 Å². The van der Waals surface area contributed by atoms with Gasteiger partial charge in [-0.3, -0.25) is 0 Å². The molecule has 0 fully saturated rings. The minimum atomic E-state index is -1.24. The Balaban J connectivity index is 3.20. The van der Waals surface area contributed by atoms with E-state index in [4.69, 9.17) is 5.73 Å². The monoisotopic (exact) mass is 253 g/mol. The quantitative estimate of drug-likeness (QED) is 0.862. The Morgan fingerprint density at radius 3 is 2.15 bits per heavy atom. The van der Waals surface area contributed by atoms with E-state index in [2.05, 4.69) is 15.9 Å². The van der Waals surface area contributed by atoms with Crippen LogP contribution in [0.25, 0.3) is 0 Å². The van der Waals surface area contributed by atoms with Gasteiger partial charge in [0.25, 0.3) is 0 Å². The van der Waals surface area contributed by atoms with Gasteiger partial charge in [-0.25, -0.2) is 13.2 Å². The maximum atomic E-state index is 13.0. The molecule has 0 unspecified atom stereocenters. The van der Waals surface area contributed by atoms with Gasteiger partial charge in [0.15, 0.2) is 0 Å². The number of halogens is 4. The van der Waals surface area contributed by atoms with E-state index in [9.17, 15) is 13.2 Å². The molecule has 1 rings (SSSR count). The van der Waals surface area contributed by atoms with Gasteiger partial charge in [-0.05, 0) is 12.1 Å². The van der Waals surface area contributed by atoms with Crippen LogP contribution in [0.1, 0.15) is 11.6 Å². The number of hydrogen-bond acceptors (Lipinski definition) is 1. The van der Waals surface area contributed by atoms with Crippen LogP contribution in [-0.4, -0.2) is 6.67 Å². The average Bonchev–Trinajstić information content (AvgIpc) is 2.02. The van der Waals surface area contributed by atoms with Gasteiger partial charge in [0.1, 0.15) is 18.3 Å². The van der Waals surface area contributed by atoms with E-state index in [0.29, 0.717) is 0 Å². The van der Waals surface area contributed by atoms with E-state index in [0.717, 1.165) is 12.1 Å². The van der Waals surface area contributed by atoms with Gasteiger partial charge in [0.05, 0.1) is 6.04 Å². The zero-order valence-electron chi connectivity index (χ0n) is 6.53. The molecule has 0 aliphatic heterocycles. The first-order valence-corrected chi connectivity index (χ1v) is 4.31. The lowest BCUT2D eigenvalue weighted by Crippen LogP contribution is -2.16. The highest BCUT2D eigenvalue weighted by Gasteiger charge is 2.17. The second kappa shape index (κ2) is 4.11. The van der Waals surface area contributed by atoms with Crippen LogP contribution in [0.4, 0.5) is 13.2 Å².